The molecule has 1 aliphatic heterocycles. The molecule has 0 bridgehead atoms. The van der Waals surface area contributed by atoms with Crippen molar-refractivity contribution in [2.24, 2.45) is 5.92 Å². The van der Waals surface area contributed by atoms with Gasteiger partial charge in [0, 0.05) is 25.2 Å². The van der Waals surface area contributed by atoms with Gasteiger partial charge in [0.25, 0.3) is 0 Å². The molecule has 1 heterocycles. The quantitative estimate of drug-likeness (QED) is 0.920. The first kappa shape index (κ1) is 16.8. The lowest BCUT2D eigenvalue weighted by Crippen LogP contribution is -2.28. The molecule has 1 saturated heterocycles. The molecular formula is C22H24N2O2. The maximum atomic E-state index is 12.6. The zero-order valence-corrected chi connectivity index (χ0v) is 15.1. The van der Waals surface area contributed by atoms with Crippen LogP contribution in [0.4, 0.5) is 5.69 Å². The number of carbonyl (C=O) groups is 2. The van der Waals surface area contributed by atoms with Crippen LogP contribution in [-0.4, -0.2) is 23.3 Å². The molecular weight excluding hydrogens is 324 g/mol. The van der Waals surface area contributed by atoms with E-state index in [9.17, 15) is 9.59 Å². The molecule has 4 rings (SSSR count). The second kappa shape index (κ2) is 6.94. The molecule has 1 atom stereocenters. The number of hydrogen-bond donors (Lipinski definition) is 1. The Hall–Kier alpha value is -2.62. The van der Waals surface area contributed by atoms with Crippen LogP contribution in [-0.2, 0) is 29.0 Å². The fraction of sp³-hybridized carbons (Fsp3) is 0.364. The summed E-state index contributed by atoms with van der Waals surface area (Å²) in [7, 11) is 0. The van der Waals surface area contributed by atoms with E-state index in [0.717, 1.165) is 24.1 Å². The van der Waals surface area contributed by atoms with E-state index in [1.54, 1.807) is 4.90 Å². The van der Waals surface area contributed by atoms with E-state index in [-0.39, 0.29) is 17.7 Å². The van der Waals surface area contributed by atoms with Gasteiger partial charge in [0.1, 0.15) is 0 Å². The van der Waals surface area contributed by atoms with Gasteiger partial charge in [-0.2, -0.15) is 0 Å². The van der Waals surface area contributed by atoms with Crippen LogP contribution in [0.5, 0.6) is 0 Å². The van der Waals surface area contributed by atoms with E-state index in [4.69, 9.17) is 0 Å². The molecule has 26 heavy (non-hydrogen) atoms. The lowest BCUT2D eigenvalue weighted by Gasteiger charge is -2.17. The molecule has 0 spiro atoms. The fourth-order valence-electron chi connectivity index (χ4n) is 3.91. The summed E-state index contributed by atoms with van der Waals surface area (Å²) in [5.74, 6) is -0.274. The van der Waals surface area contributed by atoms with Crippen molar-refractivity contribution in [3.05, 3.63) is 64.7 Å². The minimum absolute atomic E-state index is 0.0531. The maximum Gasteiger partial charge on any atom is 0.229 e. The fourth-order valence-corrected chi connectivity index (χ4v) is 3.91. The van der Waals surface area contributed by atoms with Gasteiger partial charge in [0.2, 0.25) is 11.8 Å². The van der Waals surface area contributed by atoms with Crippen molar-refractivity contribution in [2.75, 3.05) is 11.9 Å². The van der Waals surface area contributed by atoms with E-state index in [0.29, 0.717) is 19.5 Å². The summed E-state index contributed by atoms with van der Waals surface area (Å²) in [4.78, 5) is 26.7. The zero-order valence-electron chi connectivity index (χ0n) is 15.1. The Morgan fingerprint density at radius 3 is 2.69 bits per heavy atom. The third kappa shape index (κ3) is 3.50. The number of aryl methyl sites for hydroxylation is 3. The number of likely N-dealkylation sites (tertiary alicyclic amines) is 1. The van der Waals surface area contributed by atoms with Crippen LogP contribution >= 0.6 is 0 Å². The van der Waals surface area contributed by atoms with Crippen LogP contribution in [0, 0.1) is 12.8 Å². The average Bonchev–Trinajstić information content (AvgIpc) is 3.23. The smallest absolute Gasteiger partial charge is 0.229 e. The van der Waals surface area contributed by atoms with Crippen molar-refractivity contribution in [3.63, 3.8) is 0 Å². The van der Waals surface area contributed by atoms with Gasteiger partial charge in [-0.15, -0.1) is 0 Å². The van der Waals surface area contributed by atoms with E-state index in [2.05, 4.69) is 17.4 Å². The average molecular weight is 348 g/mol. The Morgan fingerprint density at radius 1 is 1.12 bits per heavy atom. The minimum atomic E-state index is -0.277. The van der Waals surface area contributed by atoms with E-state index in [1.807, 2.05) is 37.3 Å². The van der Waals surface area contributed by atoms with Crippen LogP contribution in [0.3, 0.4) is 0 Å². The van der Waals surface area contributed by atoms with Crippen molar-refractivity contribution in [1.29, 1.82) is 0 Å². The SMILES string of the molecule is Cc1ccc(CN2CC(C(=O)Nc3ccc4c(c3)CCC4)CC2=O)cc1. The molecule has 1 fully saturated rings. The third-order valence-corrected chi connectivity index (χ3v) is 5.45. The summed E-state index contributed by atoms with van der Waals surface area (Å²) in [5.41, 5.74) is 5.88. The molecule has 0 aromatic heterocycles. The van der Waals surface area contributed by atoms with Crippen molar-refractivity contribution in [1.82, 2.24) is 4.90 Å². The highest BCUT2D eigenvalue weighted by atomic mass is 16.2. The van der Waals surface area contributed by atoms with Crippen LogP contribution in [0.2, 0.25) is 0 Å². The maximum absolute atomic E-state index is 12.6. The van der Waals surface area contributed by atoms with Crippen LogP contribution in [0.25, 0.3) is 0 Å². The molecule has 2 aromatic rings. The Bertz CT molecular complexity index is 842. The van der Waals surface area contributed by atoms with Crippen molar-refractivity contribution < 1.29 is 9.59 Å². The molecule has 1 aliphatic carbocycles. The minimum Gasteiger partial charge on any atom is -0.338 e. The van der Waals surface area contributed by atoms with Crippen molar-refractivity contribution >= 4 is 17.5 Å². The number of anilines is 1. The van der Waals surface area contributed by atoms with Gasteiger partial charge in [-0.25, -0.2) is 0 Å². The summed E-state index contributed by atoms with van der Waals surface area (Å²) >= 11 is 0. The molecule has 4 heteroatoms. The normalized spacial score (nSPS) is 18.9. The lowest BCUT2D eigenvalue weighted by atomic mass is 10.1. The number of nitrogens with zero attached hydrogens (tertiary/aromatic N) is 1. The second-order valence-electron chi connectivity index (χ2n) is 7.49. The number of carbonyl (C=O) groups excluding carboxylic acids is 2. The van der Waals surface area contributed by atoms with Gasteiger partial charge in [-0.3, -0.25) is 9.59 Å². The van der Waals surface area contributed by atoms with Crippen LogP contribution < -0.4 is 5.32 Å². The summed E-state index contributed by atoms with van der Waals surface area (Å²) < 4.78 is 0. The van der Waals surface area contributed by atoms with Crippen molar-refractivity contribution in [2.45, 2.75) is 39.2 Å². The lowest BCUT2D eigenvalue weighted by molar-refractivity contribution is -0.128. The molecule has 0 saturated carbocycles. The van der Waals surface area contributed by atoms with Gasteiger partial charge in [-0.1, -0.05) is 35.9 Å². The predicted octanol–water partition coefficient (Wildman–Crippen LogP) is 3.47. The summed E-state index contributed by atoms with van der Waals surface area (Å²) in [6, 6.07) is 14.4. The number of nitrogens with one attached hydrogen (secondary N) is 1. The first-order chi connectivity index (χ1) is 12.6. The number of benzene rings is 2. The Morgan fingerprint density at radius 2 is 1.88 bits per heavy atom. The van der Waals surface area contributed by atoms with Gasteiger partial charge in [-0.05, 0) is 55.0 Å². The first-order valence-electron chi connectivity index (χ1n) is 9.34. The van der Waals surface area contributed by atoms with E-state index >= 15 is 0 Å². The van der Waals surface area contributed by atoms with Crippen LogP contribution in [0.1, 0.15) is 35.1 Å². The van der Waals surface area contributed by atoms with Gasteiger partial charge in [0.15, 0.2) is 0 Å². The van der Waals surface area contributed by atoms with Crippen molar-refractivity contribution in [3.8, 4) is 0 Å². The first-order valence-corrected chi connectivity index (χ1v) is 9.34. The molecule has 2 aliphatic rings. The van der Waals surface area contributed by atoms with Gasteiger partial charge in [0.05, 0.1) is 5.92 Å². The Balaban J connectivity index is 1.38. The highest BCUT2D eigenvalue weighted by Gasteiger charge is 2.34. The zero-order chi connectivity index (χ0) is 18.1. The predicted molar refractivity (Wildman–Crippen MR) is 102 cm³/mol. The monoisotopic (exact) mass is 348 g/mol. The number of amides is 2. The Labute approximate surface area is 154 Å². The molecule has 134 valence electrons. The summed E-state index contributed by atoms with van der Waals surface area (Å²) in [6.45, 7) is 3.11. The largest absolute Gasteiger partial charge is 0.338 e. The van der Waals surface area contributed by atoms with Gasteiger partial charge < -0.3 is 10.2 Å². The van der Waals surface area contributed by atoms with E-state index < -0.39 is 0 Å². The highest BCUT2D eigenvalue weighted by molar-refractivity contribution is 5.97. The number of hydrogen-bond acceptors (Lipinski definition) is 2. The number of rotatable bonds is 4. The molecule has 1 unspecified atom stereocenters. The number of fused-ring (bicyclic) bond motifs is 1. The topological polar surface area (TPSA) is 49.4 Å². The molecule has 1 N–H and O–H groups in total. The summed E-state index contributed by atoms with van der Waals surface area (Å²) in [6.07, 6.45) is 3.71. The summed E-state index contributed by atoms with van der Waals surface area (Å²) in [5, 5.41) is 3.01. The van der Waals surface area contributed by atoms with E-state index in [1.165, 1.54) is 23.1 Å². The van der Waals surface area contributed by atoms with Crippen LogP contribution in [0.15, 0.2) is 42.5 Å². The highest BCUT2D eigenvalue weighted by Crippen LogP contribution is 2.26. The standard InChI is InChI=1S/C22H24N2O2/c1-15-5-7-16(8-6-15)13-24-14-19(12-21(24)25)22(26)23-20-10-9-17-3-2-4-18(17)11-20/h5-11,19H,2-4,12-14H2,1H3,(H,23,26). The Kier molecular flexibility index (Phi) is 4.49. The molecule has 0 radical (unpaired) electrons. The second-order valence-corrected chi connectivity index (χ2v) is 7.49. The van der Waals surface area contributed by atoms with Gasteiger partial charge >= 0.3 is 0 Å². The molecule has 2 amide bonds. The molecule has 2 aromatic carbocycles. The third-order valence-electron chi connectivity index (χ3n) is 5.45. The molecule has 4 nitrogen and oxygen atoms in total.